The lowest BCUT2D eigenvalue weighted by molar-refractivity contribution is -0.0556. The molecule has 2 N–H and O–H groups in total. The SMILES string of the molecule is Cc1cc(NC(=O)N2c3ccccc3NCC2CN2CCC(F)(F)CC2)ccc1F. The largest absolute Gasteiger partial charge is 0.381 e. The van der Waals surface area contributed by atoms with E-state index in [1.54, 1.807) is 17.9 Å². The van der Waals surface area contributed by atoms with E-state index < -0.39 is 5.92 Å². The number of rotatable bonds is 3. The van der Waals surface area contributed by atoms with Crippen LogP contribution in [-0.4, -0.2) is 49.1 Å². The van der Waals surface area contributed by atoms with Gasteiger partial charge in [0, 0.05) is 44.7 Å². The minimum absolute atomic E-state index is 0.162. The van der Waals surface area contributed by atoms with Crippen molar-refractivity contribution in [2.45, 2.75) is 31.7 Å². The van der Waals surface area contributed by atoms with Crippen LogP contribution in [0.15, 0.2) is 42.5 Å². The summed E-state index contributed by atoms with van der Waals surface area (Å²) in [7, 11) is 0. The number of nitrogens with one attached hydrogen (secondary N) is 2. The Morgan fingerprint density at radius 2 is 1.93 bits per heavy atom. The Morgan fingerprint density at radius 1 is 1.20 bits per heavy atom. The Morgan fingerprint density at radius 3 is 2.67 bits per heavy atom. The van der Waals surface area contributed by atoms with Crippen LogP contribution in [0.2, 0.25) is 0 Å². The molecule has 0 spiro atoms. The van der Waals surface area contributed by atoms with Crippen LogP contribution in [0, 0.1) is 12.7 Å². The summed E-state index contributed by atoms with van der Waals surface area (Å²) in [5.41, 5.74) is 2.52. The Balaban J connectivity index is 1.55. The number of carbonyl (C=O) groups is 1. The molecule has 2 aliphatic heterocycles. The third-order valence-corrected chi connectivity index (χ3v) is 5.74. The van der Waals surface area contributed by atoms with Crippen molar-refractivity contribution < 1.29 is 18.0 Å². The van der Waals surface area contributed by atoms with Gasteiger partial charge in [0.1, 0.15) is 5.82 Å². The molecule has 1 unspecified atom stereocenters. The summed E-state index contributed by atoms with van der Waals surface area (Å²) in [4.78, 5) is 16.9. The summed E-state index contributed by atoms with van der Waals surface area (Å²) < 4.78 is 40.6. The Labute approximate surface area is 173 Å². The van der Waals surface area contributed by atoms with Gasteiger partial charge in [0.25, 0.3) is 5.92 Å². The number of alkyl halides is 2. The molecule has 0 saturated carbocycles. The molecule has 2 aliphatic rings. The standard InChI is InChI=1S/C22H25F3N4O/c1-15-12-16(6-7-18(15)23)27-21(30)29-17(13-26-19-4-2-3-5-20(19)29)14-28-10-8-22(24,25)9-11-28/h2-7,12,17,26H,8-11,13-14H2,1H3,(H,27,30). The molecular weight excluding hydrogens is 393 g/mol. The van der Waals surface area contributed by atoms with Crippen LogP contribution in [0.3, 0.4) is 0 Å². The number of fused-ring (bicyclic) bond motifs is 1. The van der Waals surface area contributed by atoms with Gasteiger partial charge in [0.2, 0.25) is 0 Å². The third-order valence-electron chi connectivity index (χ3n) is 5.74. The Bertz CT molecular complexity index is 926. The molecule has 0 radical (unpaired) electrons. The van der Waals surface area contributed by atoms with E-state index in [4.69, 9.17) is 0 Å². The highest BCUT2D eigenvalue weighted by molar-refractivity contribution is 6.05. The summed E-state index contributed by atoms with van der Waals surface area (Å²) in [5, 5.41) is 6.19. The predicted octanol–water partition coefficient (Wildman–Crippen LogP) is 4.70. The summed E-state index contributed by atoms with van der Waals surface area (Å²) in [6.45, 7) is 3.25. The zero-order chi connectivity index (χ0) is 21.3. The van der Waals surface area contributed by atoms with Gasteiger partial charge in [-0.1, -0.05) is 12.1 Å². The van der Waals surface area contributed by atoms with Crippen LogP contribution >= 0.6 is 0 Å². The van der Waals surface area contributed by atoms with Crippen LogP contribution in [0.5, 0.6) is 0 Å². The minimum atomic E-state index is -2.61. The fourth-order valence-electron chi connectivity index (χ4n) is 4.04. The average molecular weight is 418 g/mol. The van der Waals surface area contributed by atoms with Gasteiger partial charge >= 0.3 is 6.03 Å². The summed E-state index contributed by atoms with van der Waals surface area (Å²) in [6.07, 6.45) is -0.324. The Kier molecular flexibility index (Phi) is 5.60. The van der Waals surface area contributed by atoms with Gasteiger partial charge in [-0.2, -0.15) is 0 Å². The first kappa shape index (κ1) is 20.5. The van der Waals surface area contributed by atoms with E-state index in [0.29, 0.717) is 37.4 Å². The van der Waals surface area contributed by atoms with E-state index in [1.165, 1.54) is 12.1 Å². The van der Waals surface area contributed by atoms with Crippen molar-refractivity contribution in [2.24, 2.45) is 0 Å². The third kappa shape index (κ3) is 4.38. The molecule has 0 aliphatic carbocycles. The molecule has 8 heteroatoms. The summed E-state index contributed by atoms with van der Waals surface area (Å²) in [5.74, 6) is -2.94. The van der Waals surface area contributed by atoms with Gasteiger partial charge in [-0.3, -0.25) is 4.90 Å². The van der Waals surface area contributed by atoms with Crippen molar-refractivity contribution >= 4 is 23.1 Å². The second-order valence-corrected chi connectivity index (χ2v) is 7.97. The maximum atomic E-state index is 13.6. The quantitative estimate of drug-likeness (QED) is 0.760. The highest BCUT2D eigenvalue weighted by atomic mass is 19.3. The number of para-hydroxylation sites is 2. The zero-order valence-corrected chi connectivity index (χ0v) is 16.8. The molecule has 30 heavy (non-hydrogen) atoms. The molecule has 2 aromatic carbocycles. The number of amides is 2. The predicted molar refractivity (Wildman–Crippen MR) is 112 cm³/mol. The molecule has 1 saturated heterocycles. The lowest BCUT2D eigenvalue weighted by Gasteiger charge is -2.41. The summed E-state index contributed by atoms with van der Waals surface area (Å²) >= 11 is 0. The van der Waals surface area contributed by atoms with E-state index >= 15 is 0 Å². The molecule has 1 fully saturated rings. The maximum Gasteiger partial charge on any atom is 0.326 e. The fraction of sp³-hybridized carbons (Fsp3) is 0.409. The molecule has 2 heterocycles. The van der Waals surface area contributed by atoms with Crippen LogP contribution in [0.25, 0.3) is 0 Å². The van der Waals surface area contributed by atoms with Gasteiger partial charge in [-0.15, -0.1) is 0 Å². The van der Waals surface area contributed by atoms with Crippen molar-refractivity contribution in [2.75, 3.05) is 41.7 Å². The highest BCUT2D eigenvalue weighted by Crippen LogP contribution is 2.33. The number of likely N-dealkylation sites (tertiary alicyclic amines) is 1. The van der Waals surface area contributed by atoms with Gasteiger partial charge in [-0.05, 0) is 42.8 Å². The zero-order valence-electron chi connectivity index (χ0n) is 16.8. The fourth-order valence-corrected chi connectivity index (χ4v) is 4.04. The molecule has 2 aromatic rings. The molecule has 4 rings (SSSR count). The maximum absolute atomic E-state index is 13.6. The van der Waals surface area contributed by atoms with Crippen molar-refractivity contribution in [3.8, 4) is 0 Å². The van der Waals surface area contributed by atoms with Gasteiger partial charge in [0.05, 0.1) is 17.4 Å². The highest BCUT2D eigenvalue weighted by Gasteiger charge is 2.37. The van der Waals surface area contributed by atoms with Crippen molar-refractivity contribution in [3.05, 3.63) is 53.8 Å². The van der Waals surface area contributed by atoms with E-state index in [2.05, 4.69) is 10.6 Å². The molecule has 1 atom stereocenters. The monoisotopic (exact) mass is 418 g/mol. The number of benzene rings is 2. The first-order valence-electron chi connectivity index (χ1n) is 10.1. The summed E-state index contributed by atoms with van der Waals surface area (Å²) in [6, 6.07) is 11.4. The number of nitrogens with zero attached hydrogens (tertiary/aromatic N) is 2. The number of urea groups is 1. The number of piperidine rings is 1. The van der Waals surface area contributed by atoms with E-state index in [0.717, 1.165) is 11.4 Å². The lowest BCUT2D eigenvalue weighted by Crippen LogP contribution is -2.55. The van der Waals surface area contributed by atoms with E-state index in [-0.39, 0.29) is 30.7 Å². The number of hydrogen-bond acceptors (Lipinski definition) is 3. The number of anilines is 3. The second-order valence-electron chi connectivity index (χ2n) is 7.97. The van der Waals surface area contributed by atoms with Gasteiger partial charge < -0.3 is 15.5 Å². The number of carbonyl (C=O) groups excluding carboxylic acids is 1. The second kappa shape index (κ2) is 8.18. The number of hydrogen-bond donors (Lipinski definition) is 2. The van der Waals surface area contributed by atoms with Crippen LogP contribution in [0.4, 0.5) is 35.0 Å². The van der Waals surface area contributed by atoms with Crippen LogP contribution < -0.4 is 15.5 Å². The molecule has 0 aromatic heterocycles. The molecular formula is C22H25F3N4O. The van der Waals surface area contributed by atoms with Gasteiger partial charge in [0.15, 0.2) is 0 Å². The van der Waals surface area contributed by atoms with Gasteiger partial charge in [-0.25, -0.2) is 18.0 Å². The van der Waals surface area contributed by atoms with Crippen LogP contribution in [0.1, 0.15) is 18.4 Å². The van der Waals surface area contributed by atoms with Crippen molar-refractivity contribution in [3.63, 3.8) is 0 Å². The molecule has 2 amide bonds. The smallest absolute Gasteiger partial charge is 0.326 e. The molecule has 0 bridgehead atoms. The Hall–Kier alpha value is -2.74. The first-order chi connectivity index (χ1) is 14.3. The number of halogens is 3. The topological polar surface area (TPSA) is 47.6 Å². The van der Waals surface area contributed by atoms with Crippen LogP contribution in [-0.2, 0) is 0 Å². The lowest BCUT2D eigenvalue weighted by atomic mass is 10.0. The van der Waals surface area contributed by atoms with Crippen molar-refractivity contribution in [1.29, 1.82) is 0 Å². The van der Waals surface area contributed by atoms with E-state index in [9.17, 15) is 18.0 Å². The van der Waals surface area contributed by atoms with E-state index in [1.807, 2.05) is 29.2 Å². The normalized spacial score (nSPS) is 20.9. The number of aryl methyl sites for hydroxylation is 1. The molecule has 5 nitrogen and oxygen atoms in total. The first-order valence-corrected chi connectivity index (χ1v) is 10.1. The molecule has 160 valence electrons. The minimum Gasteiger partial charge on any atom is -0.381 e. The van der Waals surface area contributed by atoms with Crippen molar-refractivity contribution in [1.82, 2.24) is 4.90 Å². The average Bonchev–Trinajstić information content (AvgIpc) is 2.72.